The average molecular weight is 406 g/mol. The van der Waals surface area contributed by atoms with E-state index in [-0.39, 0.29) is 18.6 Å². The minimum Gasteiger partial charge on any atom is -0.493 e. The Morgan fingerprint density at radius 3 is 2.70 bits per heavy atom. The van der Waals surface area contributed by atoms with Gasteiger partial charge in [0, 0.05) is 30.8 Å². The van der Waals surface area contributed by atoms with Crippen LogP contribution in [0.1, 0.15) is 22.7 Å². The number of aromatic nitrogens is 1. The Hall–Kier alpha value is -3.25. The molecule has 30 heavy (non-hydrogen) atoms. The van der Waals surface area contributed by atoms with Gasteiger partial charge in [-0.05, 0) is 41.3 Å². The highest BCUT2D eigenvalue weighted by Crippen LogP contribution is 2.39. The van der Waals surface area contributed by atoms with E-state index in [0.29, 0.717) is 18.0 Å². The summed E-state index contributed by atoms with van der Waals surface area (Å²) < 4.78 is 16.1. The van der Waals surface area contributed by atoms with E-state index in [2.05, 4.69) is 23.2 Å². The van der Waals surface area contributed by atoms with Crippen LogP contribution in [0.2, 0.25) is 0 Å². The minimum atomic E-state index is -0.218. The lowest BCUT2D eigenvalue weighted by atomic mass is 9.91. The average Bonchev–Trinajstić information content (AvgIpc) is 3.19. The number of nitrogens with one attached hydrogen (secondary N) is 1. The van der Waals surface area contributed by atoms with Gasteiger partial charge in [-0.2, -0.15) is 0 Å². The highest BCUT2D eigenvalue weighted by molar-refractivity contribution is 5.89. The first-order valence-electron chi connectivity index (χ1n) is 9.93. The van der Waals surface area contributed by atoms with Crippen molar-refractivity contribution >= 4 is 22.9 Å². The van der Waals surface area contributed by atoms with Crippen molar-refractivity contribution in [3.8, 4) is 11.5 Å². The van der Waals surface area contributed by atoms with Crippen LogP contribution in [0.15, 0.2) is 48.7 Å². The monoisotopic (exact) mass is 406 g/mol. The molecule has 4 rings (SSSR count). The second-order valence-electron chi connectivity index (χ2n) is 7.27. The molecule has 0 saturated carbocycles. The smallest absolute Gasteiger partial charge is 0.249 e. The van der Waals surface area contributed by atoms with Crippen molar-refractivity contribution in [1.29, 1.82) is 0 Å². The maximum absolute atomic E-state index is 12.8. The molecule has 3 aromatic rings. The Balaban J connectivity index is 1.77. The van der Waals surface area contributed by atoms with Gasteiger partial charge in [0.15, 0.2) is 11.5 Å². The molecule has 156 valence electrons. The molecule has 6 heteroatoms. The van der Waals surface area contributed by atoms with E-state index in [0.717, 1.165) is 34.0 Å². The van der Waals surface area contributed by atoms with Crippen molar-refractivity contribution in [2.24, 2.45) is 0 Å². The first kappa shape index (κ1) is 20.0. The zero-order valence-electron chi connectivity index (χ0n) is 17.5. The van der Waals surface area contributed by atoms with E-state index in [1.165, 1.54) is 0 Å². The number of H-pyrrole nitrogens is 1. The van der Waals surface area contributed by atoms with Crippen molar-refractivity contribution in [3.05, 3.63) is 65.4 Å². The van der Waals surface area contributed by atoms with Gasteiger partial charge in [-0.15, -0.1) is 0 Å². The SMILES string of the molecule is COCC(=O)N1CCc2cc(OC)c(OC)cc2[C@@H]1/C=C/c1c[nH]c2ccccc12. The fraction of sp³-hybridized carbons (Fsp3) is 0.292. The number of hydrogen-bond donors (Lipinski definition) is 1. The van der Waals surface area contributed by atoms with E-state index in [9.17, 15) is 4.79 Å². The Morgan fingerprint density at radius 1 is 1.17 bits per heavy atom. The first-order valence-corrected chi connectivity index (χ1v) is 9.93. The van der Waals surface area contributed by atoms with Gasteiger partial charge in [0.05, 0.1) is 20.3 Å². The summed E-state index contributed by atoms with van der Waals surface area (Å²) in [5, 5.41) is 1.15. The quantitative estimate of drug-likeness (QED) is 0.673. The summed E-state index contributed by atoms with van der Waals surface area (Å²) in [5.41, 5.74) is 4.36. The number of para-hydroxylation sites is 1. The predicted octanol–water partition coefficient (Wildman–Crippen LogP) is 3.97. The van der Waals surface area contributed by atoms with Gasteiger partial charge in [0.2, 0.25) is 5.91 Å². The standard InChI is InChI=1S/C24H26N2O4/c1-28-15-24(27)26-11-10-16-12-22(29-2)23(30-3)13-19(16)21(26)9-8-17-14-25-20-7-5-4-6-18(17)20/h4-9,12-14,21,25H,10-11,15H2,1-3H3/b9-8+/t21-/m0/s1. The molecule has 1 aromatic heterocycles. The largest absolute Gasteiger partial charge is 0.493 e. The highest BCUT2D eigenvalue weighted by Gasteiger charge is 2.30. The number of methoxy groups -OCH3 is 3. The number of amides is 1. The molecule has 0 aliphatic carbocycles. The van der Waals surface area contributed by atoms with Crippen LogP contribution >= 0.6 is 0 Å². The summed E-state index contributed by atoms with van der Waals surface area (Å²) in [5.74, 6) is 1.32. The third-order valence-corrected chi connectivity index (χ3v) is 5.59. The molecule has 0 bridgehead atoms. The zero-order chi connectivity index (χ0) is 21.1. The number of carbonyl (C=O) groups is 1. The van der Waals surface area contributed by atoms with E-state index in [1.54, 1.807) is 21.3 Å². The van der Waals surface area contributed by atoms with Crippen LogP contribution in [0.25, 0.3) is 17.0 Å². The molecule has 0 unspecified atom stereocenters. The summed E-state index contributed by atoms with van der Waals surface area (Å²) in [6.07, 6.45) is 6.89. The normalized spacial score (nSPS) is 16.1. The molecule has 2 aromatic carbocycles. The van der Waals surface area contributed by atoms with Gasteiger partial charge in [-0.25, -0.2) is 0 Å². The number of fused-ring (bicyclic) bond motifs is 2. The number of nitrogens with zero attached hydrogens (tertiary/aromatic N) is 1. The van der Waals surface area contributed by atoms with Crippen LogP contribution in [0.5, 0.6) is 11.5 Å². The van der Waals surface area contributed by atoms with E-state index in [1.807, 2.05) is 41.4 Å². The molecule has 1 N–H and O–H groups in total. The number of hydrogen-bond acceptors (Lipinski definition) is 4. The Morgan fingerprint density at radius 2 is 1.93 bits per heavy atom. The van der Waals surface area contributed by atoms with Gasteiger partial charge >= 0.3 is 0 Å². The Labute approximate surface area is 176 Å². The molecule has 2 heterocycles. The first-order chi connectivity index (χ1) is 14.7. The minimum absolute atomic E-state index is 0.0356. The third-order valence-electron chi connectivity index (χ3n) is 5.59. The number of benzene rings is 2. The number of ether oxygens (including phenoxy) is 3. The molecular formula is C24H26N2O4. The molecule has 1 aliphatic heterocycles. The highest BCUT2D eigenvalue weighted by atomic mass is 16.5. The Kier molecular flexibility index (Phi) is 5.77. The second-order valence-corrected chi connectivity index (χ2v) is 7.27. The van der Waals surface area contributed by atoms with Crippen LogP contribution in [0.3, 0.4) is 0 Å². The van der Waals surface area contributed by atoms with Crippen molar-refractivity contribution in [3.63, 3.8) is 0 Å². The lowest BCUT2D eigenvalue weighted by molar-refractivity contribution is -0.137. The van der Waals surface area contributed by atoms with Crippen molar-refractivity contribution in [2.75, 3.05) is 34.5 Å². The van der Waals surface area contributed by atoms with Crippen LogP contribution < -0.4 is 9.47 Å². The lowest BCUT2D eigenvalue weighted by Crippen LogP contribution is -2.41. The fourth-order valence-electron chi connectivity index (χ4n) is 4.10. The van der Waals surface area contributed by atoms with E-state index >= 15 is 0 Å². The van der Waals surface area contributed by atoms with Gasteiger partial charge in [0.1, 0.15) is 6.61 Å². The molecule has 0 spiro atoms. The number of rotatable bonds is 6. The maximum atomic E-state index is 12.8. The maximum Gasteiger partial charge on any atom is 0.249 e. The fourth-order valence-corrected chi connectivity index (χ4v) is 4.10. The van der Waals surface area contributed by atoms with Crippen LogP contribution in [-0.2, 0) is 16.0 Å². The van der Waals surface area contributed by atoms with Crippen molar-refractivity contribution < 1.29 is 19.0 Å². The van der Waals surface area contributed by atoms with Crippen LogP contribution in [-0.4, -0.2) is 50.3 Å². The molecule has 1 aliphatic rings. The Bertz CT molecular complexity index is 1090. The molecule has 6 nitrogen and oxygen atoms in total. The van der Waals surface area contributed by atoms with Gasteiger partial charge < -0.3 is 24.1 Å². The van der Waals surface area contributed by atoms with Gasteiger partial charge in [-0.3, -0.25) is 4.79 Å². The molecule has 1 amide bonds. The van der Waals surface area contributed by atoms with Gasteiger partial charge in [-0.1, -0.05) is 30.4 Å². The molecule has 0 saturated heterocycles. The van der Waals surface area contributed by atoms with Crippen LogP contribution in [0, 0.1) is 0 Å². The van der Waals surface area contributed by atoms with Crippen LogP contribution in [0.4, 0.5) is 0 Å². The van der Waals surface area contributed by atoms with Crippen molar-refractivity contribution in [2.45, 2.75) is 12.5 Å². The third kappa shape index (κ3) is 3.66. The van der Waals surface area contributed by atoms with Crippen molar-refractivity contribution in [1.82, 2.24) is 9.88 Å². The lowest BCUT2D eigenvalue weighted by Gasteiger charge is -2.36. The number of aromatic amines is 1. The summed E-state index contributed by atoms with van der Waals surface area (Å²) >= 11 is 0. The summed E-state index contributed by atoms with van der Waals surface area (Å²) in [6, 6.07) is 11.9. The summed E-state index contributed by atoms with van der Waals surface area (Å²) in [7, 11) is 4.80. The predicted molar refractivity (Wildman–Crippen MR) is 117 cm³/mol. The molecule has 1 atom stereocenters. The summed E-state index contributed by atoms with van der Waals surface area (Å²) in [6.45, 7) is 0.674. The van der Waals surface area contributed by atoms with Gasteiger partial charge in [0.25, 0.3) is 0 Å². The molecule has 0 radical (unpaired) electrons. The number of carbonyl (C=O) groups excluding carboxylic acids is 1. The summed E-state index contributed by atoms with van der Waals surface area (Å²) in [4.78, 5) is 17.9. The van der Waals surface area contributed by atoms with E-state index in [4.69, 9.17) is 14.2 Å². The topological polar surface area (TPSA) is 63.8 Å². The molecular weight excluding hydrogens is 380 g/mol. The van der Waals surface area contributed by atoms with E-state index < -0.39 is 0 Å². The molecule has 0 fully saturated rings. The second kappa shape index (κ2) is 8.63. The zero-order valence-corrected chi connectivity index (χ0v) is 17.5.